The largest absolute Gasteiger partial charge is 0.372 e. The monoisotopic (exact) mass is 416 g/mol. The van der Waals surface area contributed by atoms with Crippen LogP contribution in [0.25, 0.3) is 0 Å². The Kier molecular flexibility index (Phi) is 7.17. The molecule has 2 aromatic rings. The molecule has 0 amide bonds. The first kappa shape index (κ1) is 21.8. The minimum absolute atomic E-state index is 0.0493. The molecular formula is C24H25FN6. The van der Waals surface area contributed by atoms with E-state index < -0.39 is 5.82 Å². The van der Waals surface area contributed by atoms with Crippen molar-refractivity contribution in [2.45, 2.75) is 12.8 Å². The number of benzene rings is 1. The van der Waals surface area contributed by atoms with Crippen LogP contribution in [-0.2, 0) is 6.42 Å². The van der Waals surface area contributed by atoms with Gasteiger partial charge in [0, 0.05) is 26.3 Å². The predicted molar refractivity (Wildman–Crippen MR) is 121 cm³/mol. The number of anilines is 1. The van der Waals surface area contributed by atoms with E-state index in [0.717, 1.165) is 30.8 Å². The van der Waals surface area contributed by atoms with Gasteiger partial charge in [-0.05, 0) is 55.5 Å². The van der Waals surface area contributed by atoms with E-state index in [1.54, 1.807) is 18.3 Å². The summed E-state index contributed by atoms with van der Waals surface area (Å²) in [7, 11) is 2.01. The third-order valence-corrected chi connectivity index (χ3v) is 4.96. The Balaban J connectivity index is 1.84. The molecule has 0 saturated carbocycles. The number of nitriles is 1. The zero-order valence-electron chi connectivity index (χ0n) is 17.6. The summed E-state index contributed by atoms with van der Waals surface area (Å²) in [4.78, 5) is 12.7. The standard InChI is InChI=1S/C24H25FN6/c1-18(29-23-10-4-5-13-28-23)31-15-7-14-30(3)22(24(31)27-2)9-6-8-19-11-12-21(25)20(16-19)17-26/h4-6,9-13,16H,1-2,7-8,14-15H2,3H3,(H,28,29)/b9-6-. The van der Waals surface area contributed by atoms with Gasteiger partial charge in [0.05, 0.1) is 11.3 Å². The molecular weight excluding hydrogens is 391 g/mol. The molecule has 0 radical (unpaired) electrons. The average molecular weight is 417 g/mol. The van der Waals surface area contributed by atoms with Crippen molar-refractivity contribution in [3.8, 4) is 6.07 Å². The number of rotatable bonds is 7. The lowest BCUT2D eigenvalue weighted by atomic mass is 10.1. The Bertz CT molecular complexity index is 1050. The summed E-state index contributed by atoms with van der Waals surface area (Å²) in [5.41, 5.74) is 1.81. The Morgan fingerprint density at radius 2 is 2.19 bits per heavy atom. The molecule has 1 aromatic heterocycles. The molecule has 0 spiro atoms. The molecule has 0 aliphatic carbocycles. The van der Waals surface area contributed by atoms with Gasteiger partial charge in [-0.3, -0.25) is 0 Å². The van der Waals surface area contributed by atoms with Gasteiger partial charge in [0.1, 0.15) is 23.5 Å². The van der Waals surface area contributed by atoms with Crippen molar-refractivity contribution in [1.82, 2.24) is 14.8 Å². The van der Waals surface area contributed by atoms with Crippen LogP contribution in [0, 0.1) is 17.1 Å². The van der Waals surface area contributed by atoms with Gasteiger partial charge in [0.2, 0.25) is 0 Å². The predicted octanol–water partition coefficient (Wildman–Crippen LogP) is 4.28. The number of allylic oxidation sites excluding steroid dienone is 2. The molecule has 31 heavy (non-hydrogen) atoms. The molecule has 0 atom stereocenters. The zero-order valence-corrected chi connectivity index (χ0v) is 17.6. The molecule has 0 bridgehead atoms. The number of pyridine rings is 1. The Hall–Kier alpha value is -3.92. The van der Waals surface area contributed by atoms with E-state index in [0.29, 0.717) is 23.9 Å². The molecule has 7 heteroatoms. The second kappa shape index (κ2) is 10.2. The summed E-state index contributed by atoms with van der Waals surface area (Å²) in [5, 5.41) is 12.3. The summed E-state index contributed by atoms with van der Waals surface area (Å²) in [5.74, 6) is 1.56. The van der Waals surface area contributed by atoms with Crippen molar-refractivity contribution in [1.29, 1.82) is 5.26 Å². The van der Waals surface area contributed by atoms with Crippen LogP contribution in [0.15, 0.2) is 83.7 Å². The normalized spacial score (nSPS) is 14.4. The van der Waals surface area contributed by atoms with Crippen LogP contribution in [0.1, 0.15) is 17.5 Å². The molecule has 3 rings (SSSR count). The van der Waals surface area contributed by atoms with E-state index in [1.807, 2.05) is 48.4 Å². The minimum atomic E-state index is -0.505. The Labute approximate surface area is 182 Å². The lowest BCUT2D eigenvalue weighted by Gasteiger charge is -2.27. The molecule has 0 fully saturated rings. The van der Waals surface area contributed by atoms with Crippen LogP contribution in [0.4, 0.5) is 10.2 Å². The van der Waals surface area contributed by atoms with E-state index in [1.165, 1.54) is 6.07 Å². The number of hydrogen-bond donors (Lipinski definition) is 1. The Morgan fingerprint density at radius 1 is 1.35 bits per heavy atom. The van der Waals surface area contributed by atoms with Crippen LogP contribution < -0.4 is 5.32 Å². The van der Waals surface area contributed by atoms with Crippen molar-refractivity contribution in [3.63, 3.8) is 0 Å². The van der Waals surface area contributed by atoms with Gasteiger partial charge >= 0.3 is 0 Å². The minimum Gasteiger partial charge on any atom is -0.372 e. The van der Waals surface area contributed by atoms with Crippen LogP contribution in [0.3, 0.4) is 0 Å². The summed E-state index contributed by atoms with van der Waals surface area (Å²) < 4.78 is 13.6. The van der Waals surface area contributed by atoms with Gasteiger partial charge in [-0.15, -0.1) is 0 Å². The van der Waals surface area contributed by atoms with Crippen molar-refractivity contribution < 1.29 is 4.39 Å². The van der Waals surface area contributed by atoms with E-state index in [-0.39, 0.29) is 5.56 Å². The number of halogens is 1. The number of aromatic nitrogens is 1. The van der Waals surface area contributed by atoms with Gasteiger partial charge in [0.15, 0.2) is 5.82 Å². The van der Waals surface area contributed by atoms with Crippen molar-refractivity contribution >= 4 is 12.5 Å². The second-order valence-corrected chi connectivity index (χ2v) is 7.11. The number of likely N-dealkylation sites (N-methyl/N-ethyl adjacent to an activating group) is 1. The number of hydrogen-bond acceptors (Lipinski definition) is 6. The van der Waals surface area contributed by atoms with Gasteiger partial charge in [0.25, 0.3) is 0 Å². The van der Waals surface area contributed by atoms with E-state index in [2.05, 4.69) is 33.5 Å². The maximum atomic E-state index is 13.6. The van der Waals surface area contributed by atoms with Gasteiger partial charge in [-0.2, -0.15) is 5.26 Å². The maximum Gasteiger partial charge on any atom is 0.157 e. The number of nitrogens with zero attached hydrogens (tertiary/aromatic N) is 5. The number of aliphatic imine (C=N–C) groups is 1. The lowest BCUT2D eigenvalue weighted by Crippen LogP contribution is -2.27. The third-order valence-electron chi connectivity index (χ3n) is 4.96. The molecule has 1 aliphatic heterocycles. The van der Waals surface area contributed by atoms with Crippen LogP contribution in [-0.4, -0.2) is 41.6 Å². The van der Waals surface area contributed by atoms with Crippen molar-refractivity contribution in [2.24, 2.45) is 4.99 Å². The fourth-order valence-corrected chi connectivity index (χ4v) is 3.38. The van der Waals surface area contributed by atoms with E-state index >= 15 is 0 Å². The molecule has 1 aliphatic rings. The summed E-state index contributed by atoms with van der Waals surface area (Å²) >= 11 is 0. The smallest absolute Gasteiger partial charge is 0.157 e. The van der Waals surface area contributed by atoms with Crippen molar-refractivity contribution in [2.75, 3.05) is 25.5 Å². The first-order valence-corrected chi connectivity index (χ1v) is 9.95. The highest BCUT2D eigenvalue weighted by Crippen LogP contribution is 2.25. The fourth-order valence-electron chi connectivity index (χ4n) is 3.38. The summed E-state index contributed by atoms with van der Waals surface area (Å²) in [6.45, 7) is 9.53. The molecule has 1 N–H and O–H groups in total. The molecule has 0 saturated heterocycles. The fraction of sp³-hybridized carbons (Fsp3) is 0.208. The van der Waals surface area contributed by atoms with Crippen LogP contribution >= 0.6 is 0 Å². The van der Waals surface area contributed by atoms with Gasteiger partial charge in [-0.25, -0.2) is 14.4 Å². The second-order valence-electron chi connectivity index (χ2n) is 7.11. The quantitative estimate of drug-likeness (QED) is 0.683. The van der Waals surface area contributed by atoms with E-state index in [9.17, 15) is 4.39 Å². The highest BCUT2D eigenvalue weighted by Gasteiger charge is 2.21. The summed E-state index contributed by atoms with van der Waals surface area (Å²) in [6, 6.07) is 12.1. The number of nitrogens with one attached hydrogen (secondary N) is 1. The van der Waals surface area contributed by atoms with Gasteiger partial charge < -0.3 is 15.1 Å². The SMILES string of the molecule is C=NC1=C(/C=C\Cc2ccc(F)c(C#N)c2)N(C)CCCN1C(=C)Nc1ccccn1. The third kappa shape index (κ3) is 5.37. The lowest BCUT2D eigenvalue weighted by molar-refractivity contribution is 0.410. The highest BCUT2D eigenvalue weighted by atomic mass is 19.1. The van der Waals surface area contributed by atoms with Gasteiger partial charge in [-0.1, -0.05) is 24.8 Å². The maximum absolute atomic E-state index is 13.6. The van der Waals surface area contributed by atoms with Crippen molar-refractivity contribution in [3.05, 3.63) is 95.6 Å². The summed E-state index contributed by atoms with van der Waals surface area (Å²) in [6.07, 6.45) is 7.15. The molecule has 0 unspecified atom stereocenters. The molecule has 1 aromatic carbocycles. The van der Waals surface area contributed by atoms with Crippen LogP contribution in [0.5, 0.6) is 0 Å². The van der Waals surface area contributed by atoms with Crippen LogP contribution in [0.2, 0.25) is 0 Å². The zero-order chi connectivity index (χ0) is 22.2. The topological polar surface area (TPSA) is 67.6 Å². The first-order chi connectivity index (χ1) is 15.0. The average Bonchev–Trinajstić information content (AvgIpc) is 2.94. The highest BCUT2D eigenvalue weighted by molar-refractivity contribution is 5.43. The molecule has 2 heterocycles. The first-order valence-electron chi connectivity index (χ1n) is 9.95. The Morgan fingerprint density at radius 3 is 2.90 bits per heavy atom. The molecule has 6 nitrogen and oxygen atoms in total. The molecule has 158 valence electrons. The van der Waals surface area contributed by atoms with E-state index in [4.69, 9.17) is 5.26 Å².